The van der Waals surface area contributed by atoms with E-state index >= 15 is 0 Å². The molecule has 0 spiro atoms. The molecular weight excluding hydrogens is 318 g/mol. The largest absolute Gasteiger partial charge is 0.482 e. The Bertz CT molecular complexity index is 723. The number of rotatable bonds is 7. The zero-order valence-corrected chi connectivity index (χ0v) is 14.7. The van der Waals surface area contributed by atoms with E-state index in [1.165, 1.54) is 0 Å². The van der Waals surface area contributed by atoms with Crippen molar-refractivity contribution >= 4 is 17.6 Å². The first-order chi connectivity index (χ1) is 11.8. The SMILES string of the molecule is CN(C(=O)CC(C)(C)c1ccccc1)c1ccc(OCC(=O)O)cc1. The first kappa shape index (κ1) is 18.5. The molecule has 2 rings (SSSR count). The molecule has 0 aliphatic heterocycles. The Morgan fingerprint density at radius 2 is 1.64 bits per heavy atom. The van der Waals surface area contributed by atoms with Gasteiger partial charge in [0.2, 0.25) is 5.91 Å². The molecule has 1 N–H and O–H groups in total. The van der Waals surface area contributed by atoms with Gasteiger partial charge >= 0.3 is 5.97 Å². The van der Waals surface area contributed by atoms with Gasteiger partial charge in [-0.1, -0.05) is 44.2 Å². The highest BCUT2D eigenvalue weighted by Gasteiger charge is 2.26. The second-order valence-electron chi connectivity index (χ2n) is 6.56. The lowest BCUT2D eigenvalue weighted by Crippen LogP contribution is -2.32. The molecular formula is C20H23NO4. The monoisotopic (exact) mass is 341 g/mol. The molecule has 0 radical (unpaired) electrons. The van der Waals surface area contributed by atoms with Crippen LogP contribution in [-0.2, 0) is 15.0 Å². The maximum absolute atomic E-state index is 12.6. The highest BCUT2D eigenvalue weighted by atomic mass is 16.5. The van der Waals surface area contributed by atoms with E-state index in [0.29, 0.717) is 12.2 Å². The van der Waals surface area contributed by atoms with Crippen LogP contribution in [0.1, 0.15) is 25.8 Å². The third-order valence-electron chi connectivity index (χ3n) is 4.11. The molecule has 0 aliphatic rings. The summed E-state index contributed by atoms with van der Waals surface area (Å²) in [7, 11) is 1.73. The molecule has 0 bridgehead atoms. The van der Waals surface area contributed by atoms with Crippen molar-refractivity contribution in [3.63, 3.8) is 0 Å². The summed E-state index contributed by atoms with van der Waals surface area (Å²) in [4.78, 5) is 24.8. The van der Waals surface area contributed by atoms with Gasteiger partial charge < -0.3 is 14.7 Å². The predicted molar refractivity (Wildman–Crippen MR) is 97.1 cm³/mol. The summed E-state index contributed by atoms with van der Waals surface area (Å²) in [6.07, 6.45) is 0.380. The van der Waals surface area contributed by atoms with Gasteiger partial charge in [0.25, 0.3) is 0 Å². The summed E-state index contributed by atoms with van der Waals surface area (Å²) in [5, 5.41) is 8.61. The second-order valence-corrected chi connectivity index (χ2v) is 6.56. The molecule has 5 nitrogen and oxygen atoms in total. The summed E-state index contributed by atoms with van der Waals surface area (Å²) < 4.78 is 5.10. The number of carbonyl (C=O) groups excluding carboxylic acids is 1. The third-order valence-corrected chi connectivity index (χ3v) is 4.11. The van der Waals surface area contributed by atoms with Crippen LogP contribution in [-0.4, -0.2) is 30.6 Å². The molecule has 132 valence electrons. The van der Waals surface area contributed by atoms with Crippen LogP contribution >= 0.6 is 0 Å². The van der Waals surface area contributed by atoms with E-state index in [9.17, 15) is 9.59 Å². The first-order valence-corrected chi connectivity index (χ1v) is 8.06. The molecule has 0 saturated carbocycles. The van der Waals surface area contributed by atoms with E-state index in [0.717, 1.165) is 11.3 Å². The zero-order chi connectivity index (χ0) is 18.4. The highest BCUT2D eigenvalue weighted by Crippen LogP contribution is 2.28. The molecule has 1 amide bonds. The Morgan fingerprint density at radius 3 is 2.20 bits per heavy atom. The second kappa shape index (κ2) is 7.83. The van der Waals surface area contributed by atoms with E-state index in [1.807, 2.05) is 30.3 Å². The van der Waals surface area contributed by atoms with Crippen molar-refractivity contribution in [1.29, 1.82) is 0 Å². The molecule has 0 heterocycles. The summed E-state index contributed by atoms with van der Waals surface area (Å²) in [6, 6.07) is 16.8. The van der Waals surface area contributed by atoms with Crippen LogP contribution in [0, 0.1) is 0 Å². The van der Waals surface area contributed by atoms with Gasteiger partial charge in [-0.2, -0.15) is 0 Å². The lowest BCUT2D eigenvalue weighted by molar-refractivity contribution is -0.139. The van der Waals surface area contributed by atoms with Gasteiger partial charge in [0.05, 0.1) is 0 Å². The highest BCUT2D eigenvalue weighted by molar-refractivity contribution is 5.93. The predicted octanol–water partition coefficient (Wildman–Crippen LogP) is 3.48. The van der Waals surface area contributed by atoms with Gasteiger partial charge in [-0.15, -0.1) is 0 Å². The fourth-order valence-corrected chi connectivity index (χ4v) is 2.54. The maximum Gasteiger partial charge on any atom is 0.341 e. The lowest BCUT2D eigenvalue weighted by Gasteiger charge is -2.27. The van der Waals surface area contributed by atoms with Crippen molar-refractivity contribution in [3.05, 3.63) is 60.2 Å². The van der Waals surface area contributed by atoms with Crippen molar-refractivity contribution in [2.45, 2.75) is 25.7 Å². The van der Waals surface area contributed by atoms with E-state index in [2.05, 4.69) is 13.8 Å². The molecule has 0 unspecified atom stereocenters. The molecule has 0 fully saturated rings. The number of benzene rings is 2. The standard InChI is InChI=1S/C20H23NO4/c1-20(2,15-7-5-4-6-8-15)13-18(22)21(3)16-9-11-17(12-10-16)25-14-19(23)24/h4-12H,13-14H2,1-3H3,(H,23,24). The fourth-order valence-electron chi connectivity index (χ4n) is 2.54. The number of amides is 1. The Labute approximate surface area is 147 Å². The number of aliphatic carboxylic acids is 1. The average molecular weight is 341 g/mol. The molecule has 2 aromatic rings. The smallest absolute Gasteiger partial charge is 0.341 e. The molecule has 25 heavy (non-hydrogen) atoms. The van der Waals surface area contributed by atoms with Crippen molar-refractivity contribution < 1.29 is 19.4 Å². The minimum atomic E-state index is -1.03. The Balaban J connectivity index is 2.03. The first-order valence-electron chi connectivity index (χ1n) is 8.06. The number of hydrogen-bond acceptors (Lipinski definition) is 3. The van der Waals surface area contributed by atoms with Gasteiger partial charge in [-0.05, 0) is 35.2 Å². The lowest BCUT2D eigenvalue weighted by atomic mass is 9.81. The number of carboxylic acid groups (broad SMARTS) is 1. The normalized spacial score (nSPS) is 11.0. The van der Waals surface area contributed by atoms with Crippen LogP contribution < -0.4 is 9.64 Å². The summed E-state index contributed by atoms with van der Waals surface area (Å²) >= 11 is 0. The van der Waals surface area contributed by atoms with Crippen molar-refractivity contribution in [3.8, 4) is 5.75 Å². The average Bonchev–Trinajstić information content (AvgIpc) is 2.60. The minimum absolute atomic E-state index is 0.00746. The van der Waals surface area contributed by atoms with Gasteiger partial charge in [0, 0.05) is 19.2 Å². The van der Waals surface area contributed by atoms with Gasteiger partial charge in [0.15, 0.2) is 6.61 Å². The quantitative estimate of drug-likeness (QED) is 0.837. The molecule has 0 aliphatic carbocycles. The fraction of sp³-hybridized carbons (Fsp3) is 0.300. The number of anilines is 1. The van der Waals surface area contributed by atoms with Crippen LogP contribution in [0.3, 0.4) is 0 Å². The molecule has 0 atom stereocenters. The number of ether oxygens (including phenoxy) is 1. The van der Waals surface area contributed by atoms with Gasteiger partial charge in [0.1, 0.15) is 5.75 Å². The van der Waals surface area contributed by atoms with Crippen molar-refractivity contribution in [2.24, 2.45) is 0 Å². The van der Waals surface area contributed by atoms with E-state index in [4.69, 9.17) is 9.84 Å². The summed E-state index contributed by atoms with van der Waals surface area (Å²) in [5.74, 6) is -0.566. The summed E-state index contributed by atoms with van der Waals surface area (Å²) in [5.41, 5.74) is 1.59. The van der Waals surface area contributed by atoms with E-state index < -0.39 is 5.97 Å². The third kappa shape index (κ3) is 5.08. The topological polar surface area (TPSA) is 66.8 Å². The van der Waals surface area contributed by atoms with Crippen LogP contribution in [0.4, 0.5) is 5.69 Å². The molecule has 0 aromatic heterocycles. The van der Waals surface area contributed by atoms with Crippen LogP contribution in [0.2, 0.25) is 0 Å². The van der Waals surface area contributed by atoms with Crippen LogP contribution in [0.5, 0.6) is 5.75 Å². The molecule has 5 heteroatoms. The number of nitrogens with zero attached hydrogens (tertiary/aromatic N) is 1. The van der Waals surface area contributed by atoms with Gasteiger partial charge in [-0.25, -0.2) is 4.79 Å². The number of carbonyl (C=O) groups is 2. The molecule has 2 aromatic carbocycles. The number of carboxylic acids is 1. The van der Waals surface area contributed by atoms with Crippen molar-refractivity contribution in [2.75, 3.05) is 18.6 Å². The van der Waals surface area contributed by atoms with Crippen LogP contribution in [0.15, 0.2) is 54.6 Å². The van der Waals surface area contributed by atoms with Gasteiger partial charge in [-0.3, -0.25) is 4.79 Å². The Kier molecular flexibility index (Phi) is 5.80. The molecule has 0 saturated heterocycles. The maximum atomic E-state index is 12.6. The zero-order valence-electron chi connectivity index (χ0n) is 14.7. The van der Waals surface area contributed by atoms with Crippen LogP contribution in [0.25, 0.3) is 0 Å². The van der Waals surface area contributed by atoms with E-state index in [-0.39, 0.29) is 17.9 Å². The number of hydrogen-bond donors (Lipinski definition) is 1. The Morgan fingerprint density at radius 1 is 1.04 bits per heavy atom. The summed E-state index contributed by atoms with van der Waals surface area (Å²) in [6.45, 7) is 3.72. The van der Waals surface area contributed by atoms with E-state index in [1.54, 1.807) is 36.2 Å². The van der Waals surface area contributed by atoms with Crippen molar-refractivity contribution in [1.82, 2.24) is 0 Å². The Hall–Kier alpha value is -2.82. The minimum Gasteiger partial charge on any atom is -0.482 e.